The highest BCUT2D eigenvalue weighted by molar-refractivity contribution is 5.76. The second kappa shape index (κ2) is 9.37. The van der Waals surface area contributed by atoms with Crippen LogP contribution in [-0.2, 0) is 11.3 Å². The minimum atomic E-state index is -0.156. The predicted molar refractivity (Wildman–Crippen MR) is 108 cm³/mol. The van der Waals surface area contributed by atoms with Gasteiger partial charge in [-0.2, -0.15) is 0 Å². The van der Waals surface area contributed by atoms with Gasteiger partial charge in [-0.05, 0) is 31.5 Å². The molecule has 1 fully saturated rings. The molecule has 2 heterocycles. The second-order valence-electron chi connectivity index (χ2n) is 7.09. The Bertz CT molecular complexity index is 782. The molecule has 6 heteroatoms. The molecular formula is C21H28N4O2. The van der Waals surface area contributed by atoms with Crippen LogP contribution in [-0.4, -0.2) is 54.1 Å². The van der Waals surface area contributed by atoms with Crippen LogP contribution in [0.4, 0.5) is 5.69 Å². The first-order valence-corrected chi connectivity index (χ1v) is 9.59. The standard InChI is InChI=1S/C21H28N4O2/c1-18(22-20(26)17-25-11-6-5-9-21(25)27)10-12-23-13-15-24(16-14-23)19-7-3-2-4-8-19/h2-9,11,18H,10,12-17H2,1H3,(H,22,26)/t18-/m0/s1. The summed E-state index contributed by atoms with van der Waals surface area (Å²) in [6.07, 6.45) is 2.54. The first-order valence-electron chi connectivity index (χ1n) is 9.59. The molecule has 0 saturated carbocycles. The lowest BCUT2D eigenvalue weighted by atomic mass is 10.2. The van der Waals surface area contributed by atoms with Crippen molar-refractivity contribution in [3.8, 4) is 0 Å². The number of hydrogen-bond donors (Lipinski definition) is 1. The number of anilines is 1. The van der Waals surface area contributed by atoms with Gasteiger partial charge in [-0.1, -0.05) is 24.3 Å². The van der Waals surface area contributed by atoms with Gasteiger partial charge in [0.05, 0.1) is 0 Å². The van der Waals surface area contributed by atoms with Gasteiger partial charge in [0.15, 0.2) is 0 Å². The predicted octanol–water partition coefficient (Wildman–Crippen LogP) is 1.57. The quantitative estimate of drug-likeness (QED) is 0.806. The van der Waals surface area contributed by atoms with Crippen molar-refractivity contribution in [2.24, 2.45) is 0 Å². The number of carbonyl (C=O) groups is 1. The molecule has 3 rings (SSSR count). The third-order valence-electron chi connectivity index (χ3n) is 4.99. The number of piperazine rings is 1. The number of hydrogen-bond acceptors (Lipinski definition) is 4. The van der Waals surface area contributed by atoms with Crippen molar-refractivity contribution in [1.29, 1.82) is 0 Å². The molecule has 1 atom stereocenters. The van der Waals surface area contributed by atoms with E-state index in [9.17, 15) is 9.59 Å². The van der Waals surface area contributed by atoms with Crippen LogP contribution in [0.5, 0.6) is 0 Å². The van der Waals surface area contributed by atoms with E-state index in [-0.39, 0.29) is 24.1 Å². The molecule has 1 aromatic heterocycles. The van der Waals surface area contributed by atoms with E-state index in [1.807, 2.05) is 13.0 Å². The van der Waals surface area contributed by atoms with Crippen molar-refractivity contribution >= 4 is 11.6 Å². The van der Waals surface area contributed by atoms with E-state index in [1.165, 1.54) is 16.3 Å². The van der Waals surface area contributed by atoms with Crippen molar-refractivity contribution in [3.63, 3.8) is 0 Å². The zero-order valence-electron chi connectivity index (χ0n) is 15.9. The highest BCUT2D eigenvalue weighted by Gasteiger charge is 2.18. The van der Waals surface area contributed by atoms with Crippen LogP contribution >= 0.6 is 0 Å². The van der Waals surface area contributed by atoms with Gasteiger partial charge in [0, 0.05) is 56.7 Å². The van der Waals surface area contributed by atoms with Gasteiger partial charge >= 0.3 is 0 Å². The Morgan fingerprint density at radius 2 is 1.74 bits per heavy atom. The molecule has 1 amide bonds. The Labute approximate surface area is 160 Å². The summed E-state index contributed by atoms with van der Waals surface area (Å²) in [6.45, 7) is 7.19. The van der Waals surface area contributed by atoms with Crippen LogP contribution in [0.15, 0.2) is 59.5 Å². The molecule has 1 aliphatic heterocycles. The smallest absolute Gasteiger partial charge is 0.250 e. The number of rotatable bonds is 7. The molecule has 1 aromatic carbocycles. The van der Waals surface area contributed by atoms with E-state index in [1.54, 1.807) is 18.3 Å². The lowest BCUT2D eigenvalue weighted by Crippen LogP contribution is -2.47. The Balaban J connectivity index is 1.37. The van der Waals surface area contributed by atoms with Crippen molar-refractivity contribution in [2.45, 2.75) is 25.9 Å². The van der Waals surface area contributed by atoms with Crippen molar-refractivity contribution in [3.05, 3.63) is 65.1 Å². The molecule has 0 bridgehead atoms. The molecule has 144 valence electrons. The number of amides is 1. The van der Waals surface area contributed by atoms with Gasteiger partial charge in [-0.25, -0.2) is 0 Å². The normalized spacial score (nSPS) is 16.1. The van der Waals surface area contributed by atoms with E-state index >= 15 is 0 Å². The highest BCUT2D eigenvalue weighted by Crippen LogP contribution is 2.15. The number of nitrogens with zero attached hydrogens (tertiary/aromatic N) is 3. The van der Waals surface area contributed by atoms with Crippen LogP contribution in [0.2, 0.25) is 0 Å². The number of para-hydroxylation sites is 1. The summed E-state index contributed by atoms with van der Waals surface area (Å²) in [5.74, 6) is -0.121. The third kappa shape index (κ3) is 5.69. The molecule has 6 nitrogen and oxygen atoms in total. The summed E-state index contributed by atoms with van der Waals surface area (Å²) in [4.78, 5) is 28.7. The maximum Gasteiger partial charge on any atom is 0.250 e. The van der Waals surface area contributed by atoms with Gasteiger partial charge < -0.3 is 14.8 Å². The summed E-state index contributed by atoms with van der Waals surface area (Å²) in [7, 11) is 0. The first-order chi connectivity index (χ1) is 13.1. The molecule has 0 aliphatic carbocycles. The molecule has 0 spiro atoms. The Kier molecular flexibility index (Phi) is 6.65. The lowest BCUT2D eigenvalue weighted by molar-refractivity contribution is -0.122. The Morgan fingerprint density at radius 3 is 2.44 bits per heavy atom. The zero-order chi connectivity index (χ0) is 19.1. The van der Waals surface area contributed by atoms with Crippen LogP contribution in [0, 0.1) is 0 Å². The summed E-state index contributed by atoms with van der Waals surface area (Å²) in [5.41, 5.74) is 1.13. The van der Waals surface area contributed by atoms with E-state index < -0.39 is 0 Å². The third-order valence-corrected chi connectivity index (χ3v) is 4.99. The van der Waals surface area contributed by atoms with Crippen molar-refractivity contribution in [2.75, 3.05) is 37.6 Å². The largest absolute Gasteiger partial charge is 0.369 e. The molecule has 27 heavy (non-hydrogen) atoms. The fourth-order valence-corrected chi connectivity index (χ4v) is 3.38. The lowest BCUT2D eigenvalue weighted by Gasteiger charge is -2.36. The van der Waals surface area contributed by atoms with Crippen molar-refractivity contribution in [1.82, 2.24) is 14.8 Å². The maximum absolute atomic E-state index is 12.1. The first kappa shape index (κ1) is 19.2. The molecule has 1 N–H and O–H groups in total. The summed E-state index contributed by atoms with van der Waals surface area (Å²) >= 11 is 0. The van der Waals surface area contributed by atoms with Crippen LogP contribution in [0.1, 0.15) is 13.3 Å². The van der Waals surface area contributed by atoms with Gasteiger partial charge in [-0.15, -0.1) is 0 Å². The van der Waals surface area contributed by atoms with Gasteiger partial charge in [0.2, 0.25) is 5.91 Å². The number of carbonyl (C=O) groups excluding carboxylic acids is 1. The maximum atomic E-state index is 12.1. The zero-order valence-corrected chi connectivity index (χ0v) is 15.9. The second-order valence-corrected chi connectivity index (χ2v) is 7.09. The van der Waals surface area contributed by atoms with Gasteiger partial charge in [0.25, 0.3) is 5.56 Å². The number of nitrogens with one attached hydrogen (secondary N) is 1. The van der Waals surface area contributed by atoms with Crippen LogP contribution in [0.25, 0.3) is 0 Å². The fraction of sp³-hybridized carbons (Fsp3) is 0.429. The van der Waals surface area contributed by atoms with Crippen molar-refractivity contribution < 1.29 is 4.79 Å². The van der Waals surface area contributed by atoms with Crippen LogP contribution < -0.4 is 15.8 Å². The van der Waals surface area contributed by atoms with E-state index in [2.05, 4.69) is 39.4 Å². The molecule has 0 radical (unpaired) electrons. The monoisotopic (exact) mass is 368 g/mol. The molecule has 1 saturated heterocycles. The SMILES string of the molecule is C[C@@H](CCN1CCN(c2ccccc2)CC1)NC(=O)Cn1ccccc1=O. The summed E-state index contributed by atoms with van der Waals surface area (Å²) in [5, 5.41) is 2.99. The van der Waals surface area contributed by atoms with Gasteiger partial charge in [0.1, 0.15) is 6.54 Å². The van der Waals surface area contributed by atoms with Gasteiger partial charge in [-0.3, -0.25) is 14.5 Å². The van der Waals surface area contributed by atoms with E-state index in [0.29, 0.717) is 0 Å². The fourth-order valence-electron chi connectivity index (χ4n) is 3.38. The van der Waals surface area contributed by atoms with Crippen LogP contribution in [0.3, 0.4) is 0 Å². The average Bonchev–Trinajstić information content (AvgIpc) is 2.69. The number of pyridine rings is 1. The summed E-state index contributed by atoms with van der Waals surface area (Å²) in [6, 6.07) is 15.5. The molecular weight excluding hydrogens is 340 g/mol. The topological polar surface area (TPSA) is 57.6 Å². The molecule has 1 aliphatic rings. The Morgan fingerprint density at radius 1 is 1.04 bits per heavy atom. The number of benzene rings is 1. The Hall–Kier alpha value is -2.60. The minimum Gasteiger partial charge on any atom is -0.369 e. The highest BCUT2D eigenvalue weighted by atomic mass is 16.2. The summed E-state index contributed by atoms with van der Waals surface area (Å²) < 4.78 is 1.42. The minimum absolute atomic E-state index is 0.0692. The number of aromatic nitrogens is 1. The van der Waals surface area contributed by atoms with E-state index in [4.69, 9.17) is 0 Å². The average molecular weight is 368 g/mol. The van der Waals surface area contributed by atoms with E-state index in [0.717, 1.165) is 39.1 Å². The molecule has 0 unspecified atom stereocenters. The molecule has 2 aromatic rings.